The molecule has 2 saturated heterocycles. The number of carbonyl (C=O) groups is 1. The Morgan fingerprint density at radius 1 is 1.23 bits per heavy atom. The number of amides is 1. The lowest BCUT2D eigenvalue weighted by Gasteiger charge is -2.37. The Hall–Kier alpha value is -1.86. The Kier molecular flexibility index (Phi) is 4.52. The minimum Gasteiger partial charge on any atom is -0.460 e. The third kappa shape index (κ3) is 3.14. The molecule has 0 saturated carbocycles. The quantitative estimate of drug-likeness (QED) is 0.825. The van der Waals surface area contributed by atoms with Crippen LogP contribution < -0.4 is 0 Å². The molecule has 3 heterocycles. The number of para-hydroxylation sites is 1. The summed E-state index contributed by atoms with van der Waals surface area (Å²) in [6.07, 6.45) is 2.33. The second kappa shape index (κ2) is 6.70. The van der Waals surface area contributed by atoms with Gasteiger partial charge in [-0.25, -0.2) is 8.42 Å². The summed E-state index contributed by atoms with van der Waals surface area (Å²) in [7, 11) is -3.15. The second-order valence-electron chi connectivity index (χ2n) is 7.27. The van der Waals surface area contributed by atoms with E-state index in [0.29, 0.717) is 31.8 Å². The molecule has 0 spiro atoms. The van der Waals surface area contributed by atoms with Gasteiger partial charge in [-0.05, 0) is 38.3 Å². The van der Waals surface area contributed by atoms with Crippen LogP contribution >= 0.6 is 0 Å². The number of furan rings is 1. The minimum atomic E-state index is -3.15. The molecule has 2 aromatic rings. The number of rotatable bonds is 3. The fourth-order valence-corrected chi connectivity index (χ4v) is 5.83. The molecule has 1 aromatic carbocycles. The lowest BCUT2D eigenvalue weighted by molar-refractivity contribution is -0.134. The monoisotopic (exact) mass is 376 g/mol. The smallest absolute Gasteiger partial charge is 0.233 e. The van der Waals surface area contributed by atoms with Gasteiger partial charge in [-0.15, -0.1) is 0 Å². The molecule has 0 N–H and O–H groups in total. The molecular weight excluding hydrogens is 352 g/mol. The Morgan fingerprint density at radius 2 is 2.04 bits per heavy atom. The van der Waals surface area contributed by atoms with Crippen molar-refractivity contribution in [3.63, 3.8) is 0 Å². The third-order valence-electron chi connectivity index (χ3n) is 5.50. The van der Waals surface area contributed by atoms with Crippen LogP contribution in [-0.2, 0) is 14.8 Å². The summed E-state index contributed by atoms with van der Waals surface area (Å²) in [6, 6.07) is 9.54. The summed E-state index contributed by atoms with van der Waals surface area (Å²) in [5.41, 5.74) is 0.779. The molecular formula is C19H24N2O4S. The predicted octanol–water partition coefficient (Wildman–Crippen LogP) is 2.56. The van der Waals surface area contributed by atoms with Gasteiger partial charge in [0.25, 0.3) is 0 Å². The van der Waals surface area contributed by atoms with Gasteiger partial charge in [-0.1, -0.05) is 18.2 Å². The fraction of sp³-hybridized carbons (Fsp3) is 0.526. The van der Waals surface area contributed by atoms with Crippen molar-refractivity contribution < 1.29 is 17.6 Å². The van der Waals surface area contributed by atoms with Crippen LogP contribution in [0.2, 0.25) is 0 Å². The minimum absolute atomic E-state index is 0.00495. The van der Waals surface area contributed by atoms with E-state index < -0.39 is 10.0 Å². The Labute approximate surface area is 153 Å². The van der Waals surface area contributed by atoms with Crippen molar-refractivity contribution >= 4 is 26.9 Å². The first-order valence-corrected chi connectivity index (χ1v) is 10.8. The summed E-state index contributed by atoms with van der Waals surface area (Å²) in [5, 5.41) is 0.988. The van der Waals surface area contributed by atoms with Crippen LogP contribution in [0.3, 0.4) is 0 Å². The molecule has 1 aromatic heterocycles. The largest absolute Gasteiger partial charge is 0.460 e. The highest BCUT2D eigenvalue weighted by molar-refractivity contribution is 7.89. The third-order valence-corrected chi connectivity index (χ3v) is 7.50. The summed E-state index contributed by atoms with van der Waals surface area (Å²) >= 11 is 0. The number of benzene rings is 1. The van der Waals surface area contributed by atoms with Crippen LogP contribution in [0.25, 0.3) is 11.0 Å². The zero-order chi connectivity index (χ0) is 18.3. The van der Waals surface area contributed by atoms with Crippen molar-refractivity contribution in [1.82, 2.24) is 9.21 Å². The number of piperidine rings is 1. The maximum Gasteiger partial charge on any atom is 0.233 e. The van der Waals surface area contributed by atoms with E-state index in [9.17, 15) is 13.2 Å². The van der Waals surface area contributed by atoms with Gasteiger partial charge in [-0.3, -0.25) is 4.79 Å². The molecule has 1 amide bonds. The molecule has 6 nitrogen and oxygen atoms in total. The molecule has 0 aliphatic carbocycles. The number of hydrogen-bond acceptors (Lipinski definition) is 4. The molecule has 0 unspecified atom stereocenters. The highest BCUT2D eigenvalue weighted by atomic mass is 32.2. The van der Waals surface area contributed by atoms with Crippen molar-refractivity contribution in [2.75, 3.05) is 25.4 Å². The Morgan fingerprint density at radius 3 is 2.77 bits per heavy atom. The number of nitrogens with zero attached hydrogens (tertiary/aromatic N) is 2. The van der Waals surface area contributed by atoms with E-state index in [-0.39, 0.29) is 23.6 Å². The Balaban J connectivity index is 1.50. The van der Waals surface area contributed by atoms with Gasteiger partial charge in [-0.2, -0.15) is 4.31 Å². The van der Waals surface area contributed by atoms with Crippen molar-refractivity contribution in [2.24, 2.45) is 0 Å². The number of likely N-dealkylation sites (tertiary alicyclic amines) is 1. The normalized spacial score (nSPS) is 24.8. The summed E-state index contributed by atoms with van der Waals surface area (Å²) in [6.45, 7) is 3.58. The molecule has 4 rings (SSSR count). The topological polar surface area (TPSA) is 70.8 Å². The van der Waals surface area contributed by atoms with Crippen LogP contribution in [0.15, 0.2) is 34.7 Å². The molecule has 2 atom stereocenters. The fourth-order valence-electron chi connectivity index (χ4n) is 4.07. The Bertz CT molecular complexity index is 888. The van der Waals surface area contributed by atoms with E-state index >= 15 is 0 Å². The van der Waals surface area contributed by atoms with E-state index in [1.165, 1.54) is 0 Å². The summed E-state index contributed by atoms with van der Waals surface area (Å²) < 4.78 is 31.9. The van der Waals surface area contributed by atoms with Gasteiger partial charge < -0.3 is 9.32 Å². The maximum absolute atomic E-state index is 13.0. The zero-order valence-electron chi connectivity index (χ0n) is 14.9. The number of fused-ring (bicyclic) bond motifs is 1. The molecule has 2 aliphatic heterocycles. The molecule has 0 radical (unpaired) electrons. The first-order chi connectivity index (χ1) is 12.5. The van der Waals surface area contributed by atoms with Crippen LogP contribution in [0.5, 0.6) is 0 Å². The van der Waals surface area contributed by atoms with Crippen molar-refractivity contribution in [2.45, 2.75) is 38.1 Å². The van der Waals surface area contributed by atoms with Crippen molar-refractivity contribution in [1.29, 1.82) is 0 Å². The lowest BCUT2D eigenvalue weighted by Crippen LogP contribution is -2.51. The highest BCUT2D eigenvalue weighted by Crippen LogP contribution is 2.29. The van der Waals surface area contributed by atoms with E-state index in [2.05, 4.69) is 0 Å². The highest BCUT2D eigenvalue weighted by Gasteiger charge is 2.38. The number of carbonyl (C=O) groups excluding carboxylic acids is 1. The van der Waals surface area contributed by atoms with Crippen LogP contribution in [0.1, 0.15) is 37.9 Å². The SMILES string of the molecule is C[C@H](C(=O)N1CCC[C@H](N2CCCS2(=O)=O)C1)c1cc2ccccc2o1. The van der Waals surface area contributed by atoms with Crippen LogP contribution in [0.4, 0.5) is 0 Å². The lowest BCUT2D eigenvalue weighted by atomic mass is 10.0. The van der Waals surface area contributed by atoms with Gasteiger partial charge in [0, 0.05) is 31.1 Å². The summed E-state index contributed by atoms with van der Waals surface area (Å²) in [4.78, 5) is 14.8. The van der Waals surface area contributed by atoms with Gasteiger partial charge in [0.05, 0.1) is 11.7 Å². The summed E-state index contributed by atoms with van der Waals surface area (Å²) in [5.74, 6) is 0.515. The molecule has 2 aliphatic rings. The molecule has 7 heteroatoms. The number of sulfonamides is 1. The first-order valence-electron chi connectivity index (χ1n) is 9.22. The average molecular weight is 376 g/mol. The molecule has 2 fully saturated rings. The van der Waals surface area contributed by atoms with Gasteiger partial charge in [0.2, 0.25) is 15.9 Å². The van der Waals surface area contributed by atoms with Gasteiger partial charge >= 0.3 is 0 Å². The number of hydrogen-bond donors (Lipinski definition) is 0. The van der Waals surface area contributed by atoms with E-state index in [1.807, 2.05) is 37.3 Å². The second-order valence-corrected chi connectivity index (χ2v) is 9.31. The first kappa shape index (κ1) is 17.5. The average Bonchev–Trinajstić information content (AvgIpc) is 3.23. The van der Waals surface area contributed by atoms with Crippen LogP contribution in [-0.4, -0.2) is 55.0 Å². The van der Waals surface area contributed by atoms with Gasteiger partial charge in [0.15, 0.2) is 0 Å². The van der Waals surface area contributed by atoms with E-state index in [4.69, 9.17) is 4.42 Å². The van der Waals surface area contributed by atoms with Crippen molar-refractivity contribution in [3.05, 3.63) is 36.1 Å². The van der Waals surface area contributed by atoms with E-state index in [1.54, 1.807) is 9.21 Å². The van der Waals surface area contributed by atoms with Crippen LogP contribution in [0, 0.1) is 0 Å². The standard InChI is InChI=1S/C19H24N2O4S/c1-14(18-12-15-6-2-3-8-17(15)25-18)19(22)20-9-4-7-16(13-20)21-10-5-11-26(21,23)24/h2-3,6,8,12,14,16H,4-5,7,9-11,13H2,1H3/t14-,16-/m0/s1. The molecule has 0 bridgehead atoms. The zero-order valence-corrected chi connectivity index (χ0v) is 15.7. The van der Waals surface area contributed by atoms with Crippen molar-refractivity contribution in [3.8, 4) is 0 Å². The molecule has 26 heavy (non-hydrogen) atoms. The molecule has 140 valence electrons. The predicted molar refractivity (Wildman–Crippen MR) is 99.3 cm³/mol. The van der Waals surface area contributed by atoms with E-state index in [0.717, 1.165) is 23.8 Å². The van der Waals surface area contributed by atoms with Gasteiger partial charge in [0.1, 0.15) is 11.3 Å². The maximum atomic E-state index is 13.0.